The Morgan fingerprint density at radius 1 is 0.421 bits per heavy atom. The van der Waals surface area contributed by atoms with Crippen LogP contribution in [0, 0.1) is 0 Å². The van der Waals surface area contributed by atoms with Gasteiger partial charge in [-0.2, -0.15) is 0 Å². The first-order chi connectivity index (χ1) is 18.5. The van der Waals surface area contributed by atoms with E-state index in [1.165, 1.54) is 0 Å². The number of alkyl halides is 2. The van der Waals surface area contributed by atoms with Gasteiger partial charge in [0.05, 0.1) is 0 Å². The zero-order valence-electron chi connectivity index (χ0n) is 20.6. The number of benzene rings is 5. The lowest BCUT2D eigenvalue weighted by Gasteiger charge is -2.27. The Labute approximate surface area is 241 Å². The molecule has 0 radical (unpaired) electrons. The summed E-state index contributed by atoms with van der Waals surface area (Å²) in [5, 5.41) is 5.57. The largest absolute Gasteiger partial charge is 0.309 e. The molecule has 0 unspecified atom stereocenters. The molecule has 0 saturated carbocycles. The van der Waals surface area contributed by atoms with Gasteiger partial charge in [-0.05, 0) is 23.3 Å². The van der Waals surface area contributed by atoms with Gasteiger partial charge in [-0.1, -0.05) is 153 Å². The van der Waals surface area contributed by atoms with Gasteiger partial charge in [-0.25, -0.2) is 0 Å². The van der Waals surface area contributed by atoms with Gasteiger partial charge in [-0.15, -0.1) is 0 Å². The summed E-state index contributed by atoms with van der Waals surface area (Å²) in [6.07, 6.45) is 0. The van der Waals surface area contributed by atoms with Crippen molar-refractivity contribution in [1.82, 2.24) is 0 Å². The molecule has 0 aliphatic heterocycles. The van der Waals surface area contributed by atoms with Crippen molar-refractivity contribution in [3.8, 4) is 0 Å². The normalized spacial score (nSPS) is 11.8. The Morgan fingerprint density at radius 3 is 0.868 bits per heavy atom. The number of hydrogen-bond acceptors (Lipinski definition) is 2. The van der Waals surface area contributed by atoms with Crippen LogP contribution in [0.3, 0.4) is 0 Å². The summed E-state index contributed by atoms with van der Waals surface area (Å²) in [7, 11) is -6.45. The molecule has 5 rings (SSSR count). The van der Waals surface area contributed by atoms with Crippen molar-refractivity contribution in [2.24, 2.45) is 0 Å². The van der Waals surface area contributed by atoms with Crippen LogP contribution in [-0.4, -0.2) is 0 Å². The highest BCUT2D eigenvalue weighted by Gasteiger charge is 2.36. The van der Waals surface area contributed by atoms with Crippen molar-refractivity contribution < 1.29 is 9.13 Å². The zero-order valence-corrected chi connectivity index (χ0v) is 25.5. The van der Waals surface area contributed by atoms with Crippen molar-refractivity contribution in [1.29, 1.82) is 0 Å². The van der Waals surface area contributed by atoms with Crippen LogP contribution in [0.1, 0.15) is 11.1 Å². The summed E-state index contributed by atoms with van der Waals surface area (Å²) in [5.41, 5.74) is 1.74. The van der Waals surface area contributed by atoms with E-state index in [9.17, 15) is 0 Å². The number of halogens is 2. The molecule has 190 valence electrons. The average molecular weight is 664 g/mol. The monoisotopic (exact) mass is 662 g/mol. The second kappa shape index (κ2) is 11.7. The Morgan fingerprint density at radius 2 is 0.658 bits per heavy atom. The van der Waals surface area contributed by atoms with Crippen LogP contribution < -0.4 is 31.8 Å². The van der Waals surface area contributed by atoms with Gasteiger partial charge in [0.15, 0.2) is 14.3 Å². The van der Waals surface area contributed by atoms with E-state index in [2.05, 4.69) is 31.9 Å². The Kier molecular flexibility index (Phi) is 8.36. The molecule has 0 atom stereocenters. The summed E-state index contributed by atoms with van der Waals surface area (Å²) in [5.74, 6) is 0. The standard InChI is InChI=1S/C32H26Br2O2P2/c33-23-25-22-32(38(36,29-17-9-3-10-18-29)30-19-11-4-12-20-30)26(24-34)21-31(25)37(35,27-13-5-1-6-14-27)28-15-7-2-8-16-28/h1-22H,23-24H2. The van der Waals surface area contributed by atoms with E-state index in [-0.39, 0.29) is 0 Å². The highest BCUT2D eigenvalue weighted by Crippen LogP contribution is 2.47. The van der Waals surface area contributed by atoms with Gasteiger partial charge in [0.2, 0.25) is 0 Å². The topological polar surface area (TPSA) is 34.1 Å². The van der Waals surface area contributed by atoms with Crippen molar-refractivity contribution in [3.05, 3.63) is 145 Å². The molecule has 5 aromatic rings. The van der Waals surface area contributed by atoms with Gasteiger partial charge in [0.1, 0.15) is 0 Å². The van der Waals surface area contributed by atoms with E-state index in [0.29, 0.717) is 10.7 Å². The molecule has 2 nitrogen and oxygen atoms in total. The molecule has 0 fully saturated rings. The maximum Gasteiger partial charge on any atom is 0.171 e. The highest BCUT2D eigenvalue weighted by atomic mass is 79.9. The Balaban J connectivity index is 1.84. The summed E-state index contributed by atoms with van der Waals surface area (Å²) in [6, 6.07) is 42.7. The molecule has 0 aliphatic rings. The fourth-order valence-corrected chi connectivity index (χ4v) is 12.1. The van der Waals surface area contributed by atoms with Crippen LogP contribution in [0.4, 0.5) is 0 Å². The molecule has 6 heteroatoms. The molecular weight excluding hydrogens is 638 g/mol. The minimum Gasteiger partial charge on any atom is -0.309 e. The third-order valence-electron chi connectivity index (χ3n) is 6.73. The first-order valence-electron chi connectivity index (χ1n) is 12.2. The Bertz CT molecular complexity index is 1410. The van der Waals surface area contributed by atoms with E-state index in [1.54, 1.807) is 0 Å². The maximum absolute atomic E-state index is 15.3. The summed E-state index contributed by atoms with van der Waals surface area (Å²) in [6.45, 7) is 0. The molecule has 0 bridgehead atoms. The predicted molar refractivity (Wildman–Crippen MR) is 170 cm³/mol. The van der Waals surface area contributed by atoms with Crippen molar-refractivity contribution in [2.45, 2.75) is 10.7 Å². The van der Waals surface area contributed by atoms with Gasteiger partial charge < -0.3 is 9.13 Å². The molecule has 0 amide bonds. The van der Waals surface area contributed by atoms with Crippen LogP contribution in [0.5, 0.6) is 0 Å². The molecule has 0 heterocycles. The minimum absolute atomic E-state index is 0.477. The van der Waals surface area contributed by atoms with Crippen molar-refractivity contribution in [2.75, 3.05) is 0 Å². The van der Waals surface area contributed by atoms with Gasteiger partial charge in [-0.3, -0.25) is 0 Å². The van der Waals surface area contributed by atoms with Crippen molar-refractivity contribution in [3.63, 3.8) is 0 Å². The summed E-state index contributed by atoms with van der Waals surface area (Å²) in [4.78, 5) is 0. The smallest absolute Gasteiger partial charge is 0.171 e. The lowest BCUT2D eigenvalue weighted by Crippen LogP contribution is -2.32. The molecule has 0 N–H and O–H groups in total. The lowest BCUT2D eigenvalue weighted by atomic mass is 10.2. The minimum atomic E-state index is -3.23. The maximum atomic E-state index is 15.3. The molecule has 0 spiro atoms. The molecule has 0 saturated heterocycles. The first kappa shape index (κ1) is 27.1. The Hall–Kier alpha value is -2.48. The third-order valence-corrected chi connectivity index (χ3v) is 14.2. The van der Waals surface area contributed by atoms with Crippen LogP contribution in [-0.2, 0) is 19.8 Å². The third kappa shape index (κ3) is 4.85. The molecule has 38 heavy (non-hydrogen) atoms. The number of hydrogen-bond donors (Lipinski definition) is 0. The van der Waals surface area contributed by atoms with Gasteiger partial charge in [0, 0.05) is 42.5 Å². The van der Waals surface area contributed by atoms with E-state index >= 15 is 9.13 Å². The van der Waals surface area contributed by atoms with Crippen LogP contribution in [0.2, 0.25) is 0 Å². The summed E-state index contributed by atoms with van der Waals surface area (Å²) < 4.78 is 30.5. The highest BCUT2D eigenvalue weighted by molar-refractivity contribution is 9.08. The molecular formula is C32H26Br2O2P2. The molecule has 0 aromatic heterocycles. The quantitative estimate of drug-likeness (QED) is 0.136. The molecule has 0 aliphatic carbocycles. The lowest BCUT2D eigenvalue weighted by molar-refractivity contribution is 0.591. The van der Waals surface area contributed by atoms with E-state index in [4.69, 9.17) is 0 Å². The second-order valence-electron chi connectivity index (χ2n) is 8.94. The van der Waals surface area contributed by atoms with Crippen LogP contribution in [0.15, 0.2) is 133 Å². The second-order valence-corrected chi connectivity index (χ2v) is 15.5. The fraction of sp³-hybridized carbons (Fsp3) is 0.0625. The average Bonchev–Trinajstić information content (AvgIpc) is 3.01. The summed E-state index contributed by atoms with van der Waals surface area (Å²) >= 11 is 7.37. The van der Waals surface area contributed by atoms with Gasteiger partial charge >= 0.3 is 0 Å². The fourth-order valence-electron chi connectivity index (χ4n) is 4.87. The van der Waals surface area contributed by atoms with E-state index < -0.39 is 14.3 Å². The van der Waals surface area contributed by atoms with E-state index in [0.717, 1.165) is 43.0 Å². The SMILES string of the molecule is O=P(c1ccccc1)(c1ccccc1)c1cc(CBr)c(P(=O)(c2ccccc2)c2ccccc2)cc1CBr. The van der Waals surface area contributed by atoms with Crippen LogP contribution >= 0.6 is 46.1 Å². The van der Waals surface area contributed by atoms with E-state index in [1.807, 2.05) is 133 Å². The van der Waals surface area contributed by atoms with Crippen molar-refractivity contribution >= 4 is 78.0 Å². The first-order valence-corrected chi connectivity index (χ1v) is 17.9. The molecule has 5 aromatic carbocycles. The van der Waals surface area contributed by atoms with Gasteiger partial charge in [0.25, 0.3) is 0 Å². The zero-order chi connectivity index (χ0) is 26.6. The van der Waals surface area contributed by atoms with Crippen LogP contribution in [0.25, 0.3) is 0 Å². The predicted octanol–water partition coefficient (Wildman–Crippen LogP) is 6.76. The number of rotatable bonds is 8.